The molecule has 0 unspecified atom stereocenters. The van der Waals surface area contributed by atoms with Crippen molar-refractivity contribution >= 4 is 17.5 Å². The molecule has 3 heteroatoms. The van der Waals surface area contributed by atoms with Crippen molar-refractivity contribution in [2.45, 2.75) is 0 Å². The lowest BCUT2D eigenvalue weighted by Crippen LogP contribution is -1.66. The zero-order valence-electron chi connectivity index (χ0n) is 9.28. The largest absolute Gasteiger partial charge is 0.411 e. The van der Waals surface area contributed by atoms with Crippen LogP contribution in [0, 0.1) is 0 Å². The first-order valence-electron chi connectivity index (χ1n) is 5.05. The molecule has 0 heterocycles. The average Bonchev–Trinajstić information content (AvgIpc) is 3.05. The second kappa shape index (κ2) is 6.95. The van der Waals surface area contributed by atoms with E-state index in [1.54, 1.807) is 0 Å². The molecule has 0 spiro atoms. The van der Waals surface area contributed by atoms with Gasteiger partial charge in [-0.2, -0.15) is 0 Å². The number of hydrogen-bond acceptors (Lipinski definition) is 3. The van der Waals surface area contributed by atoms with Crippen molar-refractivity contribution in [3.05, 3.63) is 70.9 Å². The Hall–Kier alpha value is -2.42. The van der Waals surface area contributed by atoms with Crippen LogP contribution in [-0.4, -0.2) is 11.9 Å². The number of oxime groups is 1. The smallest absolute Gasteiger partial charge is 0.194 e. The van der Waals surface area contributed by atoms with E-state index in [1.165, 1.54) is 0 Å². The fourth-order valence-corrected chi connectivity index (χ4v) is 1.22. The first kappa shape index (κ1) is 12.6. The Bertz CT molecular complexity index is 508. The predicted molar refractivity (Wildman–Crippen MR) is 70.4 cm³/mol. The summed E-state index contributed by atoms with van der Waals surface area (Å²) in [5.41, 5.74) is 0.218. The quantitative estimate of drug-likeness (QED) is 0.364. The highest BCUT2D eigenvalue weighted by Gasteiger charge is 2.07. The summed E-state index contributed by atoms with van der Waals surface area (Å²) in [6.45, 7) is 2.67. The van der Waals surface area contributed by atoms with Crippen molar-refractivity contribution in [3.8, 4) is 0 Å². The van der Waals surface area contributed by atoms with Crippen molar-refractivity contribution in [2.24, 2.45) is 5.16 Å². The number of fused-ring (bicyclic) bond motifs is 1. The Morgan fingerprint density at radius 2 is 1.12 bits per heavy atom. The predicted octanol–water partition coefficient (Wildman–Crippen LogP) is 2.84. The lowest BCUT2D eigenvalue weighted by Gasteiger charge is -1.69. The van der Waals surface area contributed by atoms with Gasteiger partial charge in [0, 0.05) is 17.5 Å². The molecule has 0 aliphatic carbocycles. The van der Waals surface area contributed by atoms with Gasteiger partial charge in [-0.3, -0.25) is 4.79 Å². The molecule has 0 fully saturated rings. The van der Waals surface area contributed by atoms with Gasteiger partial charge in [-0.25, -0.2) is 0 Å². The molecule has 3 nitrogen and oxygen atoms in total. The highest BCUT2D eigenvalue weighted by molar-refractivity contribution is 5.96. The minimum atomic E-state index is 0.218. The van der Waals surface area contributed by atoms with E-state index in [4.69, 9.17) is 5.21 Å². The molecule has 3 rings (SSSR count). The van der Waals surface area contributed by atoms with Crippen molar-refractivity contribution in [1.29, 1.82) is 0 Å². The standard InChI is InChI=1S/C7H4O.C6H6.CH3NO/c8-7-5-3-1-2-4-6(5)7;1-2-4-6-5-3-1;1-2-3/h1-4H;1-6H;3H,1H2. The molecule has 0 bridgehead atoms. The van der Waals surface area contributed by atoms with Crippen molar-refractivity contribution in [3.63, 3.8) is 0 Å². The molecule has 0 aliphatic heterocycles. The molecule has 3 aromatic carbocycles. The van der Waals surface area contributed by atoms with Gasteiger partial charge in [-0.05, 0) is 0 Å². The maximum absolute atomic E-state index is 10.5. The van der Waals surface area contributed by atoms with Crippen LogP contribution in [0.3, 0.4) is 0 Å². The Morgan fingerprint density at radius 3 is 1.35 bits per heavy atom. The molecular weight excluding hydrogens is 214 g/mol. The SMILES string of the molecule is C=NO.O=c1c2ccccc12.c1ccccc1. The van der Waals surface area contributed by atoms with Gasteiger partial charge >= 0.3 is 0 Å². The molecule has 0 saturated heterocycles. The summed E-state index contributed by atoms with van der Waals surface area (Å²) in [4.78, 5) is 10.5. The molecule has 0 aromatic heterocycles. The summed E-state index contributed by atoms with van der Waals surface area (Å²) in [6.07, 6.45) is 0. The third-order valence-electron chi connectivity index (χ3n) is 2.02. The number of hydrogen-bond donors (Lipinski definition) is 1. The molecule has 0 atom stereocenters. The summed E-state index contributed by atoms with van der Waals surface area (Å²) in [7, 11) is 0. The first-order valence-corrected chi connectivity index (χ1v) is 5.05. The van der Waals surface area contributed by atoms with E-state index in [0.29, 0.717) is 0 Å². The first-order chi connectivity index (χ1) is 8.31. The second-order valence-corrected chi connectivity index (χ2v) is 3.17. The molecule has 3 aromatic rings. The van der Waals surface area contributed by atoms with Crippen LogP contribution in [0.15, 0.2) is 70.6 Å². The molecular formula is C14H13NO2. The van der Waals surface area contributed by atoms with E-state index < -0.39 is 0 Å². The summed E-state index contributed by atoms with van der Waals surface area (Å²) in [6, 6.07) is 19.4. The van der Waals surface area contributed by atoms with Crippen molar-refractivity contribution < 1.29 is 5.21 Å². The molecule has 0 aliphatic rings. The van der Waals surface area contributed by atoms with Crippen molar-refractivity contribution in [1.82, 2.24) is 0 Å². The molecule has 0 radical (unpaired) electrons. The van der Waals surface area contributed by atoms with Gasteiger partial charge in [-0.1, -0.05) is 60.7 Å². The Kier molecular flexibility index (Phi) is 5.17. The third-order valence-corrected chi connectivity index (χ3v) is 2.02. The van der Waals surface area contributed by atoms with E-state index in [0.717, 1.165) is 10.8 Å². The van der Waals surface area contributed by atoms with Crippen LogP contribution in [0.2, 0.25) is 0 Å². The molecule has 17 heavy (non-hydrogen) atoms. The summed E-state index contributed by atoms with van der Waals surface area (Å²) in [5, 5.41) is 11.1. The Labute approximate surface area is 99.3 Å². The van der Waals surface area contributed by atoms with Gasteiger partial charge in [-0.15, -0.1) is 5.16 Å². The number of nitrogens with zero attached hydrogens (tertiary/aromatic N) is 1. The fourth-order valence-electron chi connectivity index (χ4n) is 1.22. The van der Waals surface area contributed by atoms with Crippen LogP contribution in [0.5, 0.6) is 0 Å². The molecule has 86 valence electrons. The minimum Gasteiger partial charge on any atom is -0.411 e. The van der Waals surface area contributed by atoms with E-state index in [9.17, 15) is 4.79 Å². The lowest BCUT2D eigenvalue weighted by atomic mass is 10.4. The van der Waals surface area contributed by atoms with E-state index in [2.05, 4.69) is 11.9 Å². The molecule has 0 saturated carbocycles. The zero-order valence-corrected chi connectivity index (χ0v) is 9.28. The van der Waals surface area contributed by atoms with Gasteiger partial charge in [0.2, 0.25) is 0 Å². The van der Waals surface area contributed by atoms with Crippen LogP contribution in [0.25, 0.3) is 10.8 Å². The van der Waals surface area contributed by atoms with Crippen LogP contribution in [-0.2, 0) is 0 Å². The highest BCUT2D eigenvalue weighted by atomic mass is 16.4. The number of benzene rings is 2. The normalized spacial score (nSPS) is 8.71. The van der Waals surface area contributed by atoms with Gasteiger partial charge in [0.25, 0.3) is 0 Å². The van der Waals surface area contributed by atoms with Crippen LogP contribution in [0.1, 0.15) is 0 Å². The third kappa shape index (κ3) is 4.30. The topological polar surface area (TPSA) is 49.7 Å². The molecule has 0 amide bonds. The summed E-state index contributed by atoms with van der Waals surface area (Å²) < 4.78 is 0. The second-order valence-electron chi connectivity index (χ2n) is 3.17. The van der Waals surface area contributed by atoms with Gasteiger partial charge in [0.1, 0.15) is 0 Å². The Morgan fingerprint density at radius 1 is 0.824 bits per heavy atom. The van der Waals surface area contributed by atoms with E-state index in [1.807, 2.05) is 60.7 Å². The maximum Gasteiger partial charge on any atom is 0.194 e. The minimum absolute atomic E-state index is 0.218. The van der Waals surface area contributed by atoms with Crippen molar-refractivity contribution in [2.75, 3.05) is 0 Å². The van der Waals surface area contributed by atoms with E-state index >= 15 is 0 Å². The molecule has 1 N–H and O–H groups in total. The highest BCUT2D eigenvalue weighted by Crippen LogP contribution is 2.11. The van der Waals surface area contributed by atoms with Gasteiger partial charge < -0.3 is 5.21 Å². The lowest BCUT2D eigenvalue weighted by molar-refractivity contribution is 0.323. The van der Waals surface area contributed by atoms with Gasteiger partial charge in [0.05, 0.1) is 0 Å². The van der Waals surface area contributed by atoms with Gasteiger partial charge in [0.15, 0.2) is 5.43 Å². The summed E-state index contributed by atoms with van der Waals surface area (Å²) in [5.74, 6) is 0. The monoisotopic (exact) mass is 227 g/mol. The maximum atomic E-state index is 10.5. The zero-order chi connectivity index (χ0) is 12.5. The number of rotatable bonds is 0. The van der Waals surface area contributed by atoms with Crippen LogP contribution in [0.4, 0.5) is 0 Å². The summed E-state index contributed by atoms with van der Waals surface area (Å²) >= 11 is 0. The fraction of sp³-hybridized carbons (Fsp3) is 0. The van der Waals surface area contributed by atoms with E-state index in [-0.39, 0.29) is 5.43 Å². The van der Waals surface area contributed by atoms with Crippen LogP contribution < -0.4 is 5.43 Å². The Balaban J connectivity index is 0.000000144. The average molecular weight is 227 g/mol. The van der Waals surface area contributed by atoms with Crippen LogP contribution >= 0.6 is 0 Å².